The van der Waals surface area contributed by atoms with Crippen LogP contribution in [-0.2, 0) is 25.4 Å². The van der Waals surface area contributed by atoms with Gasteiger partial charge in [-0.1, -0.05) is 29.3 Å². The van der Waals surface area contributed by atoms with Crippen molar-refractivity contribution in [2.75, 3.05) is 29.9 Å². The fourth-order valence-electron chi connectivity index (χ4n) is 4.22. The van der Waals surface area contributed by atoms with Crippen molar-refractivity contribution < 1.29 is 18.0 Å². The first kappa shape index (κ1) is 24.0. The van der Waals surface area contributed by atoms with Gasteiger partial charge in [0.1, 0.15) is 0 Å². The number of anilines is 2. The van der Waals surface area contributed by atoms with E-state index in [9.17, 15) is 18.0 Å². The van der Waals surface area contributed by atoms with Gasteiger partial charge >= 0.3 is 0 Å². The van der Waals surface area contributed by atoms with E-state index in [0.717, 1.165) is 18.7 Å². The topological polar surface area (TPSA) is 86.8 Å². The highest BCUT2D eigenvalue weighted by Crippen LogP contribution is 2.27. The van der Waals surface area contributed by atoms with E-state index < -0.39 is 10.0 Å². The lowest BCUT2D eigenvalue weighted by Gasteiger charge is -2.30. The van der Waals surface area contributed by atoms with Crippen molar-refractivity contribution in [1.29, 1.82) is 0 Å². The summed E-state index contributed by atoms with van der Waals surface area (Å²) in [5, 5.41) is 3.61. The zero-order valence-electron chi connectivity index (χ0n) is 18.0. The first-order valence-electron chi connectivity index (χ1n) is 10.9. The molecule has 0 aliphatic carbocycles. The lowest BCUT2D eigenvalue weighted by Crippen LogP contribution is -2.41. The first-order valence-corrected chi connectivity index (χ1v) is 13.2. The Bertz CT molecular complexity index is 1150. The molecule has 0 saturated carbocycles. The molecule has 2 aliphatic heterocycles. The Kier molecular flexibility index (Phi) is 7.28. The third-order valence-corrected chi connectivity index (χ3v) is 8.66. The van der Waals surface area contributed by atoms with Crippen LogP contribution in [0.2, 0.25) is 10.0 Å². The number of piperidine rings is 1. The van der Waals surface area contributed by atoms with E-state index in [1.54, 1.807) is 35.2 Å². The average Bonchev–Trinajstić information content (AvgIpc) is 3.22. The molecule has 0 radical (unpaired) electrons. The predicted octanol–water partition coefficient (Wildman–Crippen LogP) is 4.30. The Labute approximate surface area is 203 Å². The van der Waals surface area contributed by atoms with Gasteiger partial charge in [-0.2, -0.15) is 0 Å². The summed E-state index contributed by atoms with van der Waals surface area (Å²) < 4.78 is 27.0. The van der Waals surface area contributed by atoms with E-state index in [2.05, 4.69) is 5.32 Å². The van der Waals surface area contributed by atoms with Gasteiger partial charge in [0.2, 0.25) is 21.8 Å². The highest BCUT2D eigenvalue weighted by Gasteiger charge is 2.31. The second-order valence-corrected chi connectivity index (χ2v) is 11.1. The van der Waals surface area contributed by atoms with Crippen molar-refractivity contribution in [3.05, 3.63) is 58.1 Å². The van der Waals surface area contributed by atoms with E-state index in [1.165, 1.54) is 4.31 Å². The van der Waals surface area contributed by atoms with E-state index >= 15 is 0 Å². The molecule has 2 aromatic carbocycles. The van der Waals surface area contributed by atoms with E-state index in [1.807, 2.05) is 12.1 Å². The van der Waals surface area contributed by atoms with Crippen LogP contribution in [0.1, 0.15) is 31.2 Å². The van der Waals surface area contributed by atoms with Gasteiger partial charge in [-0.25, -0.2) is 12.7 Å². The van der Waals surface area contributed by atoms with Crippen molar-refractivity contribution >= 4 is 56.4 Å². The van der Waals surface area contributed by atoms with Crippen LogP contribution in [0.15, 0.2) is 42.5 Å². The van der Waals surface area contributed by atoms with Crippen LogP contribution in [0.25, 0.3) is 0 Å². The van der Waals surface area contributed by atoms with Crippen molar-refractivity contribution in [1.82, 2.24) is 4.31 Å². The Morgan fingerprint density at radius 1 is 1.00 bits per heavy atom. The maximum absolute atomic E-state index is 12.8. The number of carbonyl (C=O) groups excluding carboxylic acids is 2. The van der Waals surface area contributed by atoms with Crippen LogP contribution >= 0.6 is 23.2 Å². The van der Waals surface area contributed by atoms with Crippen LogP contribution in [0.4, 0.5) is 11.4 Å². The number of nitrogens with zero attached hydrogens (tertiary/aromatic N) is 2. The predicted molar refractivity (Wildman–Crippen MR) is 130 cm³/mol. The maximum atomic E-state index is 12.8. The number of rotatable bonds is 6. The second kappa shape index (κ2) is 10.0. The lowest BCUT2D eigenvalue weighted by molar-refractivity contribution is -0.121. The molecule has 0 bridgehead atoms. The van der Waals surface area contributed by atoms with Crippen molar-refractivity contribution in [2.45, 2.75) is 31.4 Å². The number of nitrogens with one attached hydrogen (secondary N) is 1. The van der Waals surface area contributed by atoms with Gasteiger partial charge in [0, 0.05) is 43.3 Å². The molecule has 10 heteroatoms. The molecule has 176 valence electrons. The van der Waals surface area contributed by atoms with Crippen LogP contribution in [0, 0.1) is 5.92 Å². The van der Waals surface area contributed by atoms with Crippen LogP contribution in [0.5, 0.6) is 0 Å². The molecule has 2 amide bonds. The monoisotopic (exact) mass is 509 g/mol. The number of sulfonamides is 1. The number of carbonyl (C=O) groups is 2. The minimum absolute atomic E-state index is 0.118. The summed E-state index contributed by atoms with van der Waals surface area (Å²) in [5.74, 6) is -0.428. The van der Waals surface area contributed by atoms with E-state index in [-0.39, 0.29) is 36.6 Å². The van der Waals surface area contributed by atoms with Gasteiger partial charge in [0.15, 0.2) is 0 Å². The quantitative estimate of drug-likeness (QED) is 0.628. The molecule has 2 saturated heterocycles. The van der Waals surface area contributed by atoms with E-state index in [4.69, 9.17) is 23.2 Å². The maximum Gasteiger partial charge on any atom is 0.227 e. The standard InChI is InChI=1S/C23H25Cl2N3O4S/c24-20-8-3-16(14-21(20)25)15-33(31,32)27-12-9-17(10-13-27)23(30)26-18-4-6-19(7-5-18)28-11-1-2-22(28)29/h3-8,14,17H,1-2,9-13,15H2,(H,26,30). The Hall–Kier alpha value is -2.13. The van der Waals surface area contributed by atoms with Crippen molar-refractivity contribution in [2.24, 2.45) is 5.92 Å². The first-order chi connectivity index (χ1) is 15.7. The van der Waals surface area contributed by atoms with Gasteiger partial charge in [0.05, 0.1) is 15.8 Å². The fourth-order valence-corrected chi connectivity index (χ4v) is 6.09. The number of amides is 2. The summed E-state index contributed by atoms with van der Waals surface area (Å²) in [6.45, 7) is 1.30. The van der Waals surface area contributed by atoms with Crippen molar-refractivity contribution in [3.63, 3.8) is 0 Å². The van der Waals surface area contributed by atoms with Gasteiger partial charge < -0.3 is 10.2 Å². The summed E-state index contributed by atoms with van der Waals surface area (Å²) in [4.78, 5) is 26.3. The fraction of sp³-hybridized carbons (Fsp3) is 0.391. The average molecular weight is 510 g/mol. The van der Waals surface area contributed by atoms with Gasteiger partial charge in [-0.15, -0.1) is 0 Å². The summed E-state index contributed by atoms with van der Waals surface area (Å²) in [6, 6.07) is 12.0. The SMILES string of the molecule is O=C(Nc1ccc(N2CCCC2=O)cc1)C1CCN(S(=O)(=O)Cc2ccc(Cl)c(Cl)c2)CC1. The van der Waals surface area contributed by atoms with Crippen LogP contribution < -0.4 is 10.2 Å². The third kappa shape index (κ3) is 5.69. The summed E-state index contributed by atoms with van der Waals surface area (Å²) in [5.41, 5.74) is 2.06. The molecule has 1 N–H and O–H groups in total. The molecular weight excluding hydrogens is 485 g/mol. The summed E-state index contributed by atoms with van der Waals surface area (Å²) in [6.07, 6.45) is 2.33. The normalized spacial score (nSPS) is 18.0. The molecular formula is C23H25Cl2N3O4S. The highest BCUT2D eigenvalue weighted by atomic mass is 35.5. The number of hydrogen-bond acceptors (Lipinski definition) is 4. The molecule has 2 fully saturated rings. The molecule has 33 heavy (non-hydrogen) atoms. The minimum atomic E-state index is -3.52. The molecule has 2 heterocycles. The molecule has 0 aromatic heterocycles. The summed E-state index contributed by atoms with van der Waals surface area (Å²) in [7, 11) is -3.52. The van der Waals surface area contributed by atoms with Crippen molar-refractivity contribution in [3.8, 4) is 0 Å². The van der Waals surface area contributed by atoms with E-state index in [0.29, 0.717) is 40.6 Å². The van der Waals surface area contributed by atoms with Crippen LogP contribution in [-0.4, -0.2) is 44.2 Å². The number of benzene rings is 2. The smallest absolute Gasteiger partial charge is 0.227 e. The minimum Gasteiger partial charge on any atom is -0.326 e. The zero-order valence-corrected chi connectivity index (χ0v) is 20.3. The molecule has 2 aromatic rings. The Morgan fingerprint density at radius 3 is 2.30 bits per heavy atom. The molecule has 0 spiro atoms. The number of halogens is 2. The molecule has 7 nitrogen and oxygen atoms in total. The molecule has 4 rings (SSSR count). The largest absolute Gasteiger partial charge is 0.326 e. The zero-order chi connectivity index (χ0) is 23.6. The van der Waals surface area contributed by atoms with Gasteiger partial charge in [-0.05, 0) is 61.2 Å². The van der Waals surface area contributed by atoms with Gasteiger partial charge in [0.25, 0.3) is 0 Å². The van der Waals surface area contributed by atoms with Crippen LogP contribution in [0.3, 0.4) is 0 Å². The Morgan fingerprint density at radius 2 is 1.70 bits per heavy atom. The molecule has 2 aliphatic rings. The Balaban J connectivity index is 1.30. The number of hydrogen-bond donors (Lipinski definition) is 1. The van der Waals surface area contributed by atoms with Gasteiger partial charge in [-0.3, -0.25) is 9.59 Å². The lowest BCUT2D eigenvalue weighted by atomic mass is 9.97. The highest BCUT2D eigenvalue weighted by molar-refractivity contribution is 7.88. The molecule has 0 atom stereocenters. The summed E-state index contributed by atoms with van der Waals surface area (Å²) >= 11 is 11.9. The second-order valence-electron chi connectivity index (χ2n) is 8.36. The molecule has 0 unspecified atom stereocenters. The third-order valence-electron chi connectivity index (χ3n) is 6.07.